The summed E-state index contributed by atoms with van der Waals surface area (Å²) in [4.78, 5) is 0. The van der Waals surface area contributed by atoms with Gasteiger partial charge in [0.05, 0.1) is 26.9 Å². The number of methoxy groups -OCH3 is 2. The second-order valence-corrected chi connectivity index (χ2v) is 10.1. The Morgan fingerprint density at radius 3 is 2.20 bits per heavy atom. The van der Waals surface area contributed by atoms with Crippen LogP contribution in [-0.2, 0) is 12.8 Å². The topological polar surface area (TPSA) is 149 Å². The van der Waals surface area contributed by atoms with Crippen LogP contribution in [0.4, 0.5) is 0 Å². The predicted octanol–water partition coefficient (Wildman–Crippen LogP) is 4.69. The van der Waals surface area contributed by atoms with Crippen molar-refractivity contribution in [3.63, 3.8) is 0 Å². The van der Waals surface area contributed by atoms with Crippen molar-refractivity contribution in [2.24, 2.45) is 0 Å². The number of rotatable bonds is 8. The monoisotopic (exact) mass is 560 g/mol. The average molecular weight is 561 g/mol. The molecular formula is C32H32O9. The molecule has 0 aliphatic carbocycles. The number of hydrogen-bond donors (Lipinski definition) is 6. The van der Waals surface area contributed by atoms with E-state index in [0.29, 0.717) is 34.6 Å². The summed E-state index contributed by atoms with van der Waals surface area (Å²) in [6, 6.07) is 17.2. The maximum atomic E-state index is 11.5. The van der Waals surface area contributed by atoms with Gasteiger partial charge in [-0.3, -0.25) is 0 Å². The highest BCUT2D eigenvalue weighted by molar-refractivity contribution is 5.58. The van der Waals surface area contributed by atoms with Gasteiger partial charge in [-0.15, -0.1) is 0 Å². The van der Waals surface area contributed by atoms with Crippen molar-refractivity contribution in [1.82, 2.24) is 0 Å². The number of phenolic OH excluding ortho intramolecular Hbond substituents is 5. The van der Waals surface area contributed by atoms with Gasteiger partial charge in [0.25, 0.3) is 0 Å². The Labute approximate surface area is 237 Å². The number of benzene rings is 4. The first kappa shape index (κ1) is 27.8. The van der Waals surface area contributed by atoms with Gasteiger partial charge < -0.3 is 44.8 Å². The molecule has 0 aromatic heterocycles. The van der Waals surface area contributed by atoms with Gasteiger partial charge in [-0.2, -0.15) is 0 Å². The molecule has 214 valence electrons. The summed E-state index contributed by atoms with van der Waals surface area (Å²) >= 11 is 0. The highest BCUT2D eigenvalue weighted by Gasteiger charge is 2.32. The molecule has 0 amide bonds. The van der Waals surface area contributed by atoms with Crippen molar-refractivity contribution >= 4 is 0 Å². The Morgan fingerprint density at radius 1 is 0.805 bits per heavy atom. The summed E-state index contributed by atoms with van der Waals surface area (Å²) < 4.78 is 16.6. The van der Waals surface area contributed by atoms with Crippen molar-refractivity contribution < 1.29 is 44.8 Å². The van der Waals surface area contributed by atoms with E-state index in [4.69, 9.17) is 14.2 Å². The Kier molecular flexibility index (Phi) is 7.72. The zero-order chi connectivity index (χ0) is 29.3. The number of aliphatic hydroxyl groups is 1. The van der Waals surface area contributed by atoms with Gasteiger partial charge in [0, 0.05) is 40.7 Å². The molecular weight excluding hydrogens is 528 g/mol. The van der Waals surface area contributed by atoms with Gasteiger partial charge in [0.1, 0.15) is 28.7 Å². The molecule has 0 spiro atoms. The number of aromatic hydroxyl groups is 5. The van der Waals surface area contributed by atoms with Crippen LogP contribution in [-0.4, -0.2) is 57.6 Å². The van der Waals surface area contributed by atoms with Gasteiger partial charge in [-0.1, -0.05) is 24.3 Å². The zero-order valence-electron chi connectivity index (χ0n) is 22.6. The van der Waals surface area contributed by atoms with Gasteiger partial charge >= 0.3 is 0 Å². The lowest BCUT2D eigenvalue weighted by Gasteiger charge is -2.30. The minimum Gasteiger partial charge on any atom is -0.508 e. The summed E-state index contributed by atoms with van der Waals surface area (Å²) in [6.45, 7) is 0.250. The van der Waals surface area contributed by atoms with E-state index in [1.54, 1.807) is 30.3 Å². The maximum absolute atomic E-state index is 11.5. The molecule has 0 radical (unpaired) electrons. The number of hydrogen-bond acceptors (Lipinski definition) is 9. The molecule has 5 rings (SSSR count). The van der Waals surface area contributed by atoms with E-state index in [2.05, 4.69) is 0 Å². The van der Waals surface area contributed by atoms with Crippen LogP contribution in [0, 0.1) is 0 Å². The van der Waals surface area contributed by atoms with Crippen molar-refractivity contribution in [3.8, 4) is 46.0 Å². The van der Waals surface area contributed by atoms with Crippen LogP contribution in [0.3, 0.4) is 0 Å². The Hall–Kier alpha value is -4.76. The van der Waals surface area contributed by atoms with Crippen molar-refractivity contribution in [1.29, 1.82) is 0 Å². The lowest BCUT2D eigenvalue weighted by Crippen LogP contribution is -2.24. The van der Waals surface area contributed by atoms with Crippen LogP contribution in [0.25, 0.3) is 0 Å². The fraction of sp³-hybridized carbons (Fsp3) is 0.250. The second kappa shape index (κ2) is 11.4. The van der Waals surface area contributed by atoms with Crippen LogP contribution in [0.5, 0.6) is 46.0 Å². The van der Waals surface area contributed by atoms with E-state index in [0.717, 1.165) is 11.1 Å². The molecule has 41 heavy (non-hydrogen) atoms. The molecule has 9 nitrogen and oxygen atoms in total. The maximum Gasteiger partial charge on any atom is 0.203 e. The third-order valence-electron chi connectivity index (χ3n) is 7.56. The fourth-order valence-corrected chi connectivity index (χ4v) is 5.51. The van der Waals surface area contributed by atoms with E-state index in [-0.39, 0.29) is 53.4 Å². The minimum absolute atomic E-state index is 0.0425. The van der Waals surface area contributed by atoms with Gasteiger partial charge in [0.15, 0.2) is 11.5 Å². The SMILES string of the molecule is COc1ccc([C@@H]2COc3cc(O)c(C(c4ccc(O)cc4O)C(O)Cc4ccc(O)cc4)cc3C2)c(O)c1OC. The summed E-state index contributed by atoms with van der Waals surface area (Å²) in [5.41, 5.74) is 2.77. The quantitative estimate of drug-likeness (QED) is 0.181. The van der Waals surface area contributed by atoms with Crippen molar-refractivity contribution in [2.75, 3.05) is 20.8 Å². The molecule has 3 atom stereocenters. The molecule has 0 fully saturated rings. The van der Waals surface area contributed by atoms with E-state index in [1.165, 1.54) is 50.6 Å². The van der Waals surface area contributed by atoms with Crippen molar-refractivity contribution in [3.05, 3.63) is 94.5 Å². The normalized spacial score (nSPS) is 15.8. The number of phenols is 5. The third-order valence-corrected chi connectivity index (χ3v) is 7.56. The molecule has 6 N–H and O–H groups in total. The Morgan fingerprint density at radius 2 is 1.51 bits per heavy atom. The molecule has 4 aromatic carbocycles. The molecule has 0 saturated heterocycles. The minimum atomic E-state index is -1.10. The van der Waals surface area contributed by atoms with Gasteiger partial charge in [-0.05, 0) is 54.3 Å². The second-order valence-electron chi connectivity index (χ2n) is 10.1. The van der Waals surface area contributed by atoms with Gasteiger partial charge in [-0.25, -0.2) is 0 Å². The molecule has 4 aromatic rings. The number of ether oxygens (including phenoxy) is 3. The standard InChI is InChI=1S/C32H32O9/c1-39-28-10-9-22(31(38)32(28)40-2)19-12-18-13-24(26(36)15-29(18)41-16-19)30(23-8-7-21(34)14-25(23)35)27(37)11-17-3-5-20(33)6-4-17/h3-10,13-15,19,27,30,33-38H,11-12,16H2,1-2H3/t19-,27?,30?/m0/s1. The Bertz CT molecular complexity index is 1550. The Balaban J connectivity index is 1.54. The summed E-state index contributed by atoms with van der Waals surface area (Å²) in [6.07, 6.45) is -0.497. The molecule has 1 aliphatic heterocycles. The highest BCUT2D eigenvalue weighted by atomic mass is 16.5. The average Bonchev–Trinajstić information content (AvgIpc) is 2.95. The third kappa shape index (κ3) is 5.49. The van der Waals surface area contributed by atoms with E-state index in [9.17, 15) is 30.6 Å². The van der Waals surface area contributed by atoms with E-state index >= 15 is 0 Å². The highest BCUT2D eigenvalue weighted by Crippen LogP contribution is 2.47. The van der Waals surface area contributed by atoms with Crippen LogP contribution >= 0.6 is 0 Å². The first-order chi connectivity index (χ1) is 19.7. The van der Waals surface area contributed by atoms with Crippen LogP contribution in [0.1, 0.15) is 39.7 Å². The first-order valence-corrected chi connectivity index (χ1v) is 13.1. The van der Waals surface area contributed by atoms with E-state index < -0.39 is 12.0 Å². The first-order valence-electron chi connectivity index (χ1n) is 13.1. The van der Waals surface area contributed by atoms with Gasteiger partial charge in [0.2, 0.25) is 5.75 Å². The zero-order valence-corrected chi connectivity index (χ0v) is 22.6. The summed E-state index contributed by atoms with van der Waals surface area (Å²) in [5, 5.41) is 63.8. The summed E-state index contributed by atoms with van der Waals surface area (Å²) in [5.74, 6) is -0.480. The molecule has 9 heteroatoms. The molecule has 1 heterocycles. The summed E-state index contributed by atoms with van der Waals surface area (Å²) in [7, 11) is 2.94. The van der Waals surface area contributed by atoms with Crippen LogP contribution in [0.15, 0.2) is 66.7 Å². The predicted molar refractivity (Wildman–Crippen MR) is 151 cm³/mol. The number of aliphatic hydroxyl groups excluding tert-OH is 1. The fourth-order valence-electron chi connectivity index (χ4n) is 5.51. The van der Waals surface area contributed by atoms with Crippen LogP contribution < -0.4 is 14.2 Å². The lowest BCUT2D eigenvalue weighted by atomic mass is 9.81. The van der Waals surface area contributed by atoms with Crippen molar-refractivity contribution in [2.45, 2.75) is 30.8 Å². The number of fused-ring (bicyclic) bond motifs is 1. The van der Waals surface area contributed by atoms with E-state index in [1.807, 2.05) is 0 Å². The molecule has 0 bridgehead atoms. The smallest absolute Gasteiger partial charge is 0.203 e. The molecule has 1 aliphatic rings. The van der Waals surface area contributed by atoms with Crippen LogP contribution in [0.2, 0.25) is 0 Å². The molecule has 2 unspecified atom stereocenters. The largest absolute Gasteiger partial charge is 0.508 e. The lowest BCUT2D eigenvalue weighted by molar-refractivity contribution is 0.154. The molecule has 0 saturated carbocycles.